The summed E-state index contributed by atoms with van der Waals surface area (Å²) in [7, 11) is 0.0668. The smallest absolute Gasteiger partial charge is 0.487 e. The fourth-order valence-electron chi connectivity index (χ4n) is 1.77. The third-order valence-corrected chi connectivity index (χ3v) is 2.68. The Morgan fingerprint density at radius 3 is 2.63 bits per heavy atom. The van der Waals surface area contributed by atoms with E-state index in [0.29, 0.717) is 0 Å². The van der Waals surface area contributed by atoms with E-state index in [1.54, 1.807) is 11.7 Å². The quantitative estimate of drug-likeness (QED) is 0.770. The van der Waals surface area contributed by atoms with E-state index in [1.807, 2.05) is 13.0 Å². The molecule has 1 aromatic heterocycles. The zero-order valence-electron chi connectivity index (χ0n) is 10.7. The third kappa shape index (κ3) is 3.33. The highest BCUT2D eigenvalue weighted by molar-refractivity contribution is 6.58. The molecule has 0 radical (unpaired) electrons. The van der Waals surface area contributed by atoms with Crippen LogP contribution in [0.2, 0.25) is 0 Å². The molecule has 100 valence electrons. The number of hydrogen-bond donors (Lipinski definition) is 2. The van der Waals surface area contributed by atoms with E-state index in [1.165, 1.54) is 12.1 Å². The molecule has 0 fully saturated rings. The molecule has 0 bridgehead atoms. The van der Waals surface area contributed by atoms with E-state index >= 15 is 0 Å². The van der Waals surface area contributed by atoms with E-state index in [0.717, 1.165) is 17.5 Å². The van der Waals surface area contributed by atoms with Gasteiger partial charge in [-0.15, -0.1) is 0 Å². The van der Waals surface area contributed by atoms with Gasteiger partial charge >= 0.3 is 7.12 Å². The summed E-state index contributed by atoms with van der Waals surface area (Å²) in [5.41, 5.74) is 1.76. The van der Waals surface area contributed by atoms with E-state index in [2.05, 4.69) is 5.10 Å². The SMILES string of the molecule is Cc1cc(COc2cc(F)cc(B(O)O)c2)n(C)n1. The Labute approximate surface area is 110 Å². The molecule has 0 unspecified atom stereocenters. The van der Waals surface area contributed by atoms with E-state index < -0.39 is 12.9 Å². The Morgan fingerprint density at radius 2 is 2.05 bits per heavy atom. The van der Waals surface area contributed by atoms with Gasteiger partial charge in [0.15, 0.2) is 0 Å². The highest BCUT2D eigenvalue weighted by Crippen LogP contribution is 2.13. The van der Waals surface area contributed by atoms with Crippen LogP contribution in [0.5, 0.6) is 5.75 Å². The van der Waals surface area contributed by atoms with Gasteiger partial charge in [0.25, 0.3) is 0 Å². The summed E-state index contributed by atoms with van der Waals surface area (Å²) in [6.45, 7) is 2.09. The molecule has 5 nitrogen and oxygen atoms in total. The third-order valence-electron chi connectivity index (χ3n) is 2.68. The summed E-state index contributed by atoms with van der Waals surface area (Å²) in [5.74, 6) is -0.344. The van der Waals surface area contributed by atoms with Crippen molar-refractivity contribution in [2.75, 3.05) is 0 Å². The van der Waals surface area contributed by atoms with Gasteiger partial charge in [0.1, 0.15) is 18.2 Å². The van der Waals surface area contributed by atoms with Crippen LogP contribution < -0.4 is 10.2 Å². The lowest BCUT2D eigenvalue weighted by Crippen LogP contribution is -2.30. The largest absolute Gasteiger partial charge is 0.488 e. The van der Waals surface area contributed by atoms with Gasteiger partial charge < -0.3 is 14.8 Å². The van der Waals surface area contributed by atoms with Crippen LogP contribution in [0.3, 0.4) is 0 Å². The summed E-state index contributed by atoms with van der Waals surface area (Å²) < 4.78 is 20.4. The molecule has 2 rings (SSSR count). The molecule has 1 aromatic carbocycles. The van der Waals surface area contributed by atoms with Crippen LogP contribution in [0.1, 0.15) is 11.4 Å². The number of aryl methyl sites for hydroxylation is 2. The number of hydrogen-bond acceptors (Lipinski definition) is 4. The molecule has 0 spiro atoms. The average Bonchev–Trinajstić information content (AvgIpc) is 2.64. The van der Waals surface area contributed by atoms with Crippen molar-refractivity contribution in [3.63, 3.8) is 0 Å². The van der Waals surface area contributed by atoms with E-state index in [4.69, 9.17) is 14.8 Å². The number of nitrogens with zero attached hydrogens (tertiary/aromatic N) is 2. The van der Waals surface area contributed by atoms with Crippen LogP contribution in [0.15, 0.2) is 24.3 Å². The first-order chi connectivity index (χ1) is 8.95. The van der Waals surface area contributed by atoms with E-state index in [9.17, 15) is 4.39 Å². The summed E-state index contributed by atoms with van der Waals surface area (Å²) in [4.78, 5) is 0. The van der Waals surface area contributed by atoms with Crippen molar-refractivity contribution < 1.29 is 19.2 Å². The Morgan fingerprint density at radius 1 is 1.32 bits per heavy atom. The van der Waals surface area contributed by atoms with Gasteiger partial charge in [-0.25, -0.2) is 4.39 Å². The molecule has 2 aromatic rings. The van der Waals surface area contributed by atoms with Crippen LogP contribution in [0.25, 0.3) is 0 Å². The second kappa shape index (κ2) is 5.42. The molecular formula is C12H14BFN2O3. The fraction of sp³-hybridized carbons (Fsp3) is 0.250. The van der Waals surface area contributed by atoms with Gasteiger partial charge in [0.2, 0.25) is 0 Å². The lowest BCUT2D eigenvalue weighted by molar-refractivity contribution is 0.293. The van der Waals surface area contributed by atoms with Crippen molar-refractivity contribution in [1.29, 1.82) is 0 Å². The molecule has 1 heterocycles. The zero-order valence-corrected chi connectivity index (χ0v) is 10.7. The highest BCUT2D eigenvalue weighted by atomic mass is 19.1. The predicted octanol–water partition coefficient (Wildman–Crippen LogP) is 0.126. The maximum atomic E-state index is 13.3. The molecular weight excluding hydrogens is 250 g/mol. The minimum Gasteiger partial charge on any atom is -0.487 e. The summed E-state index contributed by atoms with van der Waals surface area (Å²) in [5, 5.41) is 22.2. The monoisotopic (exact) mass is 264 g/mol. The summed E-state index contributed by atoms with van der Waals surface area (Å²) >= 11 is 0. The second-order valence-electron chi connectivity index (χ2n) is 4.28. The number of halogens is 1. The maximum Gasteiger partial charge on any atom is 0.488 e. The van der Waals surface area contributed by atoms with Gasteiger partial charge in [-0.1, -0.05) is 0 Å². The van der Waals surface area contributed by atoms with Crippen molar-refractivity contribution in [3.8, 4) is 5.75 Å². The van der Waals surface area contributed by atoms with Crippen LogP contribution in [0.4, 0.5) is 4.39 Å². The Bertz CT molecular complexity index is 586. The average molecular weight is 264 g/mol. The molecule has 19 heavy (non-hydrogen) atoms. The number of aromatic nitrogens is 2. The Balaban J connectivity index is 2.13. The van der Waals surface area contributed by atoms with Gasteiger partial charge in [-0.3, -0.25) is 4.68 Å². The first-order valence-electron chi connectivity index (χ1n) is 5.74. The van der Waals surface area contributed by atoms with Crippen LogP contribution in [0, 0.1) is 12.7 Å². The van der Waals surface area contributed by atoms with Crippen molar-refractivity contribution in [3.05, 3.63) is 41.5 Å². The van der Waals surface area contributed by atoms with Crippen LogP contribution in [-0.2, 0) is 13.7 Å². The zero-order chi connectivity index (χ0) is 14.0. The van der Waals surface area contributed by atoms with Crippen molar-refractivity contribution in [2.24, 2.45) is 7.05 Å². The number of benzene rings is 1. The van der Waals surface area contributed by atoms with Gasteiger partial charge in [0.05, 0.1) is 11.4 Å². The second-order valence-corrected chi connectivity index (χ2v) is 4.28. The molecule has 0 saturated carbocycles. The topological polar surface area (TPSA) is 67.5 Å². The van der Waals surface area contributed by atoms with Crippen molar-refractivity contribution in [2.45, 2.75) is 13.5 Å². The first kappa shape index (κ1) is 13.6. The Hall–Kier alpha value is -1.86. The minimum atomic E-state index is -1.73. The molecule has 2 N–H and O–H groups in total. The molecule has 0 saturated heterocycles. The molecule has 7 heteroatoms. The van der Waals surface area contributed by atoms with Gasteiger partial charge in [-0.05, 0) is 30.6 Å². The summed E-state index contributed by atoms with van der Waals surface area (Å²) in [6.07, 6.45) is 0. The first-order valence-corrected chi connectivity index (χ1v) is 5.74. The van der Waals surface area contributed by atoms with Gasteiger partial charge in [0, 0.05) is 13.1 Å². The van der Waals surface area contributed by atoms with Crippen molar-refractivity contribution in [1.82, 2.24) is 9.78 Å². The number of rotatable bonds is 4. The van der Waals surface area contributed by atoms with Crippen LogP contribution >= 0.6 is 0 Å². The normalized spacial score (nSPS) is 10.6. The van der Waals surface area contributed by atoms with Gasteiger partial charge in [-0.2, -0.15) is 5.10 Å². The Kier molecular flexibility index (Phi) is 3.87. The lowest BCUT2D eigenvalue weighted by Gasteiger charge is -2.08. The highest BCUT2D eigenvalue weighted by Gasteiger charge is 2.14. The molecule has 0 aliphatic carbocycles. The summed E-state index contributed by atoms with van der Waals surface area (Å²) in [6, 6.07) is 5.49. The predicted molar refractivity (Wildman–Crippen MR) is 68.5 cm³/mol. The standard InChI is InChI=1S/C12H14BFN2O3/c1-8-3-11(16(2)15-8)7-19-12-5-9(13(17)18)4-10(14)6-12/h3-6,17-18H,7H2,1-2H3. The minimum absolute atomic E-state index is 0.0520. The maximum absolute atomic E-state index is 13.3. The van der Waals surface area contributed by atoms with Crippen LogP contribution in [-0.4, -0.2) is 26.9 Å². The molecule has 0 amide bonds. The molecule has 0 aliphatic rings. The van der Waals surface area contributed by atoms with Crippen molar-refractivity contribution >= 4 is 12.6 Å². The lowest BCUT2D eigenvalue weighted by atomic mass is 9.80. The van der Waals surface area contributed by atoms with E-state index in [-0.39, 0.29) is 17.8 Å². The number of ether oxygens (including phenoxy) is 1. The molecule has 0 aliphatic heterocycles. The molecule has 0 atom stereocenters. The fourth-order valence-corrected chi connectivity index (χ4v) is 1.77.